The van der Waals surface area contributed by atoms with Crippen molar-refractivity contribution in [1.29, 1.82) is 0 Å². The van der Waals surface area contributed by atoms with Gasteiger partial charge in [-0.1, -0.05) is 65.0 Å². The lowest BCUT2D eigenvalue weighted by molar-refractivity contribution is -0.140. The molecule has 0 aliphatic carbocycles. The summed E-state index contributed by atoms with van der Waals surface area (Å²) in [6.07, 6.45) is 1.65. The van der Waals surface area contributed by atoms with Crippen molar-refractivity contribution < 1.29 is 28.3 Å². The summed E-state index contributed by atoms with van der Waals surface area (Å²) >= 11 is 0. The van der Waals surface area contributed by atoms with E-state index in [2.05, 4.69) is 21.3 Å². The number of nitrogens with one attached hydrogen (secondary N) is 3. The van der Waals surface area contributed by atoms with Gasteiger partial charge < -0.3 is 25.2 Å². The SMILES string of the molecule is CNC(=O)[C@H](CCN(C(=O)CO)[C@@H](c1cc(-c2cc(F)ccc2F)cn1Cc1ccccc1)C(C)(C)C)NC(=O)[C@@H](NN=O)C(C)C. The summed E-state index contributed by atoms with van der Waals surface area (Å²) in [7, 11) is 1.41. The lowest BCUT2D eigenvalue weighted by Crippen LogP contribution is -2.54. The van der Waals surface area contributed by atoms with Crippen molar-refractivity contribution in [3.63, 3.8) is 0 Å². The predicted octanol–water partition coefficient (Wildman–Crippen LogP) is 4.31. The highest BCUT2D eigenvalue weighted by Crippen LogP contribution is 2.41. The molecule has 3 rings (SSSR count). The van der Waals surface area contributed by atoms with Gasteiger partial charge in [0.15, 0.2) is 0 Å². The van der Waals surface area contributed by atoms with Crippen molar-refractivity contribution in [1.82, 2.24) is 25.5 Å². The number of amides is 3. The summed E-state index contributed by atoms with van der Waals surface area (Å²) in [5, 5.41) is 17.9. The number of hydrogen-bond donors (Lipinski definition) is 4. The minimum absolute atomic E-state index is 0.0475. The summed E-state index contributed by atoms with van der Waals surface area (Å²) in [5.74, 6) is -3.34. The first kappa shape index (κ1) is 36.8. The van der Waals surface area contributed by atoms with Gasteiger partial charge in [0.25, 0.3) is 0 Å². The van der Waals surface area contributed by atoms with Crippen LogP contribution in [0.25, 0.3) is 11.1 Å². The molecule has 3 aromatic rings. The standard InChI is InChI=1S/C34H44F2N6O5/c1-21(2)30(39-40-47)33(46)38-27(32(45)37-6)14-15-42(29(44)20-43)31(34(3,4)5)28-16-23(25-17-24(35)12-13-26(25)36)19-41(28)18-22-10-8-7-9-11-22/h7-13,16-17,19,21,27,30-31,43H,14-15,18,20H2,1-6H3,(H,37,45)(H,38,46)(H,39,47)/t27-,30-,31-/m0/s1. The van der Waals surface area contributed by atoms with Gasteiger partial charge in [0.05, 0.1) is 11.3 Å². The van der Waals surface area contributed by atoms with Gasteiger partial charge in [-0.15, -0.1) is 4.91 Å². The maximum atomic E-state index is 15.0. The number of aliphatic hydroxyl groups excluding tert-OH is 1. The van der Waals surface area contributed by atoms with Gasteiger partial charge in [0.2, 0.25) is 17.7 Å². The number of rotatable bonds is 15. The van der Waals surface area contributed by atoms with Crippen LogP contribution in [-0.4, -0.2) is 64.6 Å². The first-order valence-electron chi connectivity index (χ1n) is 15.4. The molecule has 3 atom stereocenters. The van der Waals surface area contributed by atoms with E-state index in [9.17, 15) is 28.8 Å². The van der Waals surface area contributed by atoms with Crippen molar-refractivity contribution >= 4 is 17.7 Å². The highest BCUT2D eigenvalue weighted by molar-refractivity contribution is 5.89. The second-order valence-electron chi connectivity index (χ2n) is 12.8. The van der Waals surface area contributed by atoms with Crippen LogP contribution in [0.15, 0.2) is 66.1 Å². The molecule has 47 heavy (non-hydrogen) atoms. The van der Waals surface area contributed by atoms with Crippen LogP contribution >= 0.6 is 0 Å². The Morgan fingerprint density at radius 1 is 1.02 bits per heavy atom. The summed E-state index contributed by atoms with van der Waals surface area (Å²) < 4.78 is 31.1. The molecule has 0 spiro atoms. The Morgan fingerprint density at radius 2 is 1.70 bits per heavy atom. The minimum Gasteiger partial charge on any atom is -0.387 e. The number of nitroso groups, excluding NO2 is 1. The van der Waals surface area contributed by atoms with Gasteiger partial charge in [-0.25, -0.2) is 8.78 Å². The molecule has 0 radical (unpaired) electrons. The maximum Gasteiger partial charge on any atom is 0.248 e. The molecular weight excluding hydrogens is 610 g/mol. The zero-order valence-electron chi connectivity index (χ0n) is 27.6. The van der Waals surface area contributed by atoms with Gasteiger partial charge in [-0.2, -0.15) is 0 Å². The monoisotopic (exact) mass is 654 g/mol. The molecule has 0 aliphatic rings. The molecule has 2 aromatic carbocycles. The van der Waals surface area contributed by atoms with Crippen molar-refractivity contribution in [2.45, 2.75) is 65.7 Å². The molecule has 0 unspecified atom stereocenters. The number of aromatic nitrogens is 1. The van der Waals surface area contributed by atoms with Crippen LogP contribution in [0, 0.1) is 27.9 Å². The number of hydrogen-bond acceptors (Lipinski definition) is 6. The largest absolute Gasteiger partial charge is 0.387 e. The van der Waals surface area contributed by atoms with E-state index in [1.165, 1.54) is 11.9 Å². The second-order valence-corrected chi connectivity index (χ2v) is 12.8. The average Bonchev–Trinajstić information content (AvgIpc) is 3.43. The molecule has 0 bridgehead atoms. The van der Waals surface area contributed by atoms with Crippen molar-refractivity contribution in [3.8, 4) is 11.1 Å². The van der Waals surface area contributed by atoms with Gasteiger partial charge in [-0.05, 0) is 47.6 Å². The fourth-order valence-electron chi connectivity index (χ4n) is 5.64. The number of carbonyl (C=O) groups is 3. The quantitative estimate of drug-likeness (QED) is 0.142. The fraction of sp³-hybridized carbons (Fsp3) is 0.441. The lowest BCUT2D eigenvalue weighted by atomic mass is 9.82. The van der Waals surface area contributed by atoms with Crippen LogP contribution in [-0.2, 0) is 20.9 Å². The number of likely N-dealkylation sites (N-methyl/N-ethyl adjacent to an activating group) is 1. The normalized spacial score (nSPS) is 13.4. The van der Waals surface area contributed by atoms with Crippen LogP contribution in [0.2, 0.25) is 0 Å². The first-order valence-corrected chi connectivity index (χ1v) is 15.4. The van der Waals surface area contributed by atoms with Gasteiger partial charge in [0, 0.05) is 43.2 Å². The van der Waals surface area contributed by atoms with E-state index in [1.54, 1.807) is 26.1 Å². The Labute approximate surface area is 273 Å². The highest BCUT2D eigenvalue weighted by Gasteiger charge is 2.38. The number of benzene rings is 2. The Kier molecular flexibility index (Phi) is 12.7. The smallest absolute Gasteiger partial charge is 0.248 e. The molecule has 0 saturated heterocycles. The van der Waals surface area contributed by atoms with E-state index in [0.29, 0.717) is 17.8 Å². The molecule has 4 N–H and O–H groups in total. The van der Waals surface area contributed by atoms with Gasteiger partial charge in [-0.3, -0.25) is 19.8 Å². The molecule has 1 aromatic heterocycles. The third kappa shape index (κ3) is 9.44. The molecule has 13 heteroatoms. The number of carbonyl (C=O) groups excluding carboxylic acids is 3. The highest BCUT2D eigenvalue weighted by atomic mass is 19.1. The maximum absolute atomic E-state index is 15.0. The lowest BCUT2D eigenvalue weighted by Gasteiger charge is -2.41. The van der Waals surface area contributed by atoms with Crippen LogP contribution in [0.5, 0.6) is 0 Å². The minimum atomic E-state index is -1.11. The first-order chi connectivity index (χ1) is 22.2. The summed E-state index contributed by atoms with van der Waals surface area (Å²) in [6, 6.07) is 11.6. The van der Waals surface area contributed by atoms with Crippen LogP contribution in [0.4, 0.5) is 8.78 Å². The van der Waals surface area contributed by atoms with Crippen molar-refractivity contribution in [2.75, 3.05) is 20.2 Å². The van der Waals surface area contributed by atoms with Crippen molar-refractivity contribution in [3.05, 3.63) is 88.6 Å². The zero-order valence-corrected chi connectivity index (χ0v) is 27.6. The Morgan fingerprint density at radius 3 is 2.28 bits per heavy atom. The number of aliphatic hydroxyl groups is 1. The summed E-state index contributed by atoms with van der Waals surface area (Å²) in [4.78, 5) is 51.7. The Hall–Kier alpha value is -4.65. The third-order valence-electron chi connectivity index (χ3n) is 7.91. The van der Waals surface area contributed by atoms with E-state index >= 15 is 4.39 Å². The predicted molar refractivity (Wildman–Crippen MR) is 174 cm³/mol. The molecule has 1 heterocycles. The van der Waals surface area contributed by atoms with E-state index in [-0.39, 0.29) is 24.4 Å². The molecule has 11 nitrogen and oxygen atoms in total. The van der Waals surface area contributed by atoms with E-state index in [0.717, 1.165) is 23.8 Å². The van der Waals surface area contributed by atoms with Gasteiger partial charge in [0.1, 0.15) is 30.3 Å². The molecule has 0 saturated carbocycles. The second kappa shape index (κ2) is 16.3. The van der Waals surface area contributed by atoms with Crippen LogP contribution in [0.1, 0.15) is 58.3 Å². The molecule has 3 amide bonds. The molecular formula is C34H44F2N6O5. The average molecular weight is 655 g/mol. The Bertz CT molecular complexity index is 1540. The van der Waals surface area contributed by atoms with Gasteiger partial charge >= 0.3 is 0 Å². The van der Waals surface area contributed by atoms with Crippen molar-refractivity contribution in [2.24, 2.45) is 16.6 Å². The summed E-state index contributed by atoms with van der Waals surface area (Å²) in [5.41, 5.74) is 3.49. The topological polar surface area (TPSA) is 145 Å². The molecule has 254 valence electrons. The van der Waals surface area contributed by atoms with E-state index < -0.39 is 59.5 Å². The third-order valence-corrected chi connectivity index (χ3v) is 7.91. The van der Waals surface area contributed by atoms with Crippen LogP contribution in [0.3, 0.4) is 0 Å². The van der Waals surface area contributed by atoms with E-state index in [1.807, 2.05) is 55.7 Å². The number of halogens is 2. The zero-order chi connectivity index (χ0) is 34.9. The summed E-state index contributed by atoms with van der Waals surface area (Å²) in [6.45, 7) is 8.56. The number of nitrogens with zero attached hydrogens (tertiary/aromatic N) is 3. The van der Waals surface area contributed by atoms with E-state index in [4.69, 9.17) is 0 Å². The van der Waals surface area contributed by atoms with Crippen LogP contribution < -0.4 is 16.1 Å². The Balaban J connectivity index is 2.11. The molecule has 0 aliphatic heterocycles. The fourth-order valence-corrected chi connectivity index (χ4v) is 5.64. The molecule has 0 fully saturated rings.